The molecule has 1 aliphatic rings. The molecule has 2 aromatic carbocycles. The van der Waals surface area contributed by atoms with E-state index in [1.165, 1.54) is 6.07 Å². The van der Waals surface area contributed by atoms with E-state index in [2.05, 4.69) is 4.98 Å². The molecule has 1 saturated heterocycles. The van der Waals surface area contributed by atoms with Gasteiger partial charge in [0.15, 0.2) is 0 Å². The number of hydrogen-bond donors (Lipinski definition) is 0. The number of hydrogen-bond acceptors (Lipinski definition) is 3. The maximum Gasteiger partial charge on any atom is 0.416 e. The number of nitrogens with zero attached hydrogens (tertiary/aromatic N) is 3. The minimum atomic E-state index is -4.36. The fraction of sp³-hybridized carbons (Fsp3) is 0.238. The van der Waals surface area contributed by atoms with Crippen LogP contribution in [0.2, 0.25) is 0 Å². The summed E-state index contributed by atoms with van der Waals surface area (Å²) in [5, 5.41) is 0.801. The number of rotatable bonds is 2. The molecular formula is C21H18F3N3O. The molecule has 144 valence electrons. The second kappa shape index (κ2) is 7.14. The molecule has 0 bridgehead atoms. The first-order valence-electron chi connectivity index (χ1n) is 8.99. The van der Waals surface area contributed by atoms with E-state index >= 15 is 0 Å². The zero-order chi connectivity index (χ0) is 19.7. The second-order valence-electron chi connectivity index (χ2n) is 6.70. The van der Waals surface area contributed by atoms with Crippen molar-refractivity contribution in [3.05, 3.63) is 71.9 Å². The van der Waals surface area contributed by atoms with Crippen LogP contribution < -0.4 is 4.90 Å². The van der Waals surface area contributed by atoms with Crippen molar-refractivity contribution in [2.75, 3.05) is 31.1 Å². The van der Waals surface area contributed by atoms with Gasteiger partial charge in [-0.2, -0.15) is 13.2 Å². The standard InChI is InChI=1S/C21H18F3N3O/c22-21(23,24)15-4-1-5-16(14-15)26-10-12-27(13-11-26)20(28)18-6-2-8-19-17(18)7-3-9-25-19/h1-9,14H,10-13H2. The molecule has 1 fully saturated rings. The molecule has 28 heavy (non-hydrogen) atoms. The topological polar surface area (TPSA) is 36.4 Å². The molecule has 0 aliphatic carbocycles. The van der Waals surface area contributed by atoms with Crippen LogP contribution in [0, 0.1) is 0 Å². The molecule has 0 unspecified atom stereocenters. The van der Waals surface area contributed by atoms with Crippen LogP contribution in [0.5, 0.6) is 0 Å². The van der Waals surface area contributed by atoms with Crippen molar-refractivity contribution in [2.24, 2.45) is 0 Å². The SMILES string of the molecule is O=C(c1cccc2ncccc12)N1CCN(c2cccc(C(F)(F)F)c2)CC1. The minimum absolute atomic E-state index is 0.0812. The molecule has 4 nitrogen and oxygen atoms in total. The molecule has 1 aromatic heterocycles. The summed E-state index contributed by atoms with van der Waals surface area (Å²) in [6, 6.07) is 14.4. The molecule has 3 aromatic rings. The van der Waals surface area contributed by atoms with Crippen LogP contribution in [0.25, 0.3) is 10.9 Å². The van der Waals surface area contributed by atoms with Gasteiger partial charge in [-0.15, -0.1) is 0 Å². The smallest absolute Gasteiger partial charge is 0.368 e. The third kappa shape index (κ3) is 3.52. The van der Waals surface area contributed by atoms with Crippen molar-refractivity contribution in [3.63, 3.8) is 0 Å². The molecule has 1 amide bonds. The van der Waals surface area contributed by atoms with Gasteiger partial charge in [-0.1, -0.05) is 18.2 Å². The van der Waals surface area contributed by atoms with E-state index in [-0.39, 0.29) is 5.91 Å². The number of alkyl halides is 3. The number of aromatic nitrogens is 1. The van der Waals surface area contributed by atoms with Gasteiger partial charge in [0.1, 0.15) is 0 Å². The number of piperazine rings is 1. The lowest BCUT2D eigenvalue weighted by Gasteiger charge is -2.36. The Labute approximate surface area is 160 Å². The number of amides is 1. The summed E-state index contributed by atoms with van der Waals surface area (Å²) in [6.07, 6.45) is -2.68. The van der Waals surface area contributed by atoms with Crippen molar-refractivity contribution in [2.45, 2.75) is 6.18 Å². The number of benzene rings is 2. The van der Waals surface area contributed by atoms with Crippen molar-refractivity contribution in [1.82, 2.24) is 9.88 Å². The second-order valence-corrected chi connectivity index (χ2v) is 6.70. The average molecular weight is 385 g/mol. The van der Waals surface area contributed by atoms with E-state index in [0.29, 0.717) is 37.4 Å². The van der Waals surface area contributed by atoms with Crippen LogP contribution in [-0.4, -0.2) is 42.0 Å². The average Bonchev–Trinajstić information content (AvgIpc) is 2.72. The van der Waals surface area contributed by atoms with Crippen LogP contribution >= 0.6 is 0 Å². The van der Waals surface area contributed by atoms with Gasteiger partial charge in [0, 0.05) is 49.0 Å². The quantitative estimate of drug-likeness (QED) is 0.663. The molecule has 0 atom stereocenters. The Hall–Kier alpha value is -3.09. The number of fused-ring (bicyclic) bond motifs is 1. The Morgan fingerprint density at radius 3 is 2.43 bits per heavy atom. The third-order valence-corrected chi connectivity index (χ3v) is 4.98. The first-order valence-corrected chi connectivity index (χ1v) is 8.99. The van der Waals surface area contributed by atoms with Crippen LogP contribution in [-0.2, 0) is 6.18 Å². The summed E-state index contributed by atoms with van der Waals surface area (Å²) in [4.78, 5) is 20.9. The highest BCUT2D eigenvalue weighted by Gasteiger charge is 2.31. The van der Waals surface area contributed by atoms with Crippen molar-refractivity contribution in [3.8, 4) is 0 Å². The van der Waals surface area contributed by atoms with E-state index in [1.54, 1.807) is 35.4 Å². The molecule has 7 heteroatoms. The summed E-state index contributed by atoms with van der Waals surface area (Å²) in [7, 11) is 0. The number of carbonyl (C=O) groups excluding carboxylic acids is 1. The Morgan fingerprint density at radius 2 is 1.68 bits per heavy atom. The predicted molar refractivity (Wildman–Crippen MR) is 101 cm³/mol. The third-order valence-electron chi connectivity index (χ3n) is 4.98. The number of anilines is 1. The number of carbonyl (C=O) groups is 1. The summed E-state index contributed by atoms with van der Waals surface area (Å²) in [5.74, 6) is -0.0812. The monoisotopic (exact) mass is 385 g/mol. The van der Waals surface area contributed by atoms with E-state index < -0.39 is 11.7 Å². The van der Waals surface area contributed by atoms with Gasteiger partial charge in [0.2, 0.25) is 0 Å². The Morgan fingerprint density at radius 1 is 0.929 bits per heavy atom. The minimum Gasteiger partial charge on any atom is -0.368 e. The summed E-state index contributed by atoms with van der Waals surface area (Å²) >= 11 is 0. The number of halogens is 3. The van der Waals surface area contributed by atoms with Crippen LogP contribution in [0.1, 0.15) is 15.9 Å². The Kier molecular flexibility index (Phi) is 4.66. The van der Waals surface area contributed by atoms with E-state index in [1.807, 2.05) is 17.0 Å². The van der Waals surface area contributed by atoms with Gasteiger partial charge in [-0.05, 0) is 36.4 Å². The Bertz CT molecular complexity index is 1010. The lowest BCUT2D eigenvalue weighted by molar-refractivity contribution is -0.137. The lowest BCUT2D eigenvalue weighted by Crippen LogP contribution is -2.48. The zero-order valence-electron chi connectivity index (χ0n) is 15.0. The fourth-order valence-electron chi connectivity index (χ4n) is 3.51. The van der Waals surface area contributed by atoms with Gasteiger partial charge in [-0.25, -0.2) is 0 Å². The molecular weight excluding hydrogens is 367 g/mol. The Balaban J connectivity index is 1.49. The van der Waals surface area contributed by atoms with Gasteiger partial charge in [0.05, 0.1) is 11.1 Å². The van der Waals surface area contributed by atoms with E-state index in [0.717, 1.165) is 23.0 Å². The molecule has 0 radical (unpaired) electrons. The summed E-state index contributed by atoms with van der Waals surface area (Å²) in [6.45, 7) is 1.86. The highest BCUT2D eigenvalue weighted by molar-refractivity contribution is 6.06. The van der Waals surface area contributed by atoms with Crippen LogP contribution in [0.3, 0.4) is 0 Å². The van der Waals surface area contributed by atoms with E-state index in [4.69, 9.17) is 0 Å². The van der Waals surface area contributed by atoms with Crippen molar-refractivity contribution >= 4 is 22.5 Å². The molecule has 4 rings (SSSR count). The van der Waals surface area contributed by atoms with Crippen LogP contribution in [0.15, 0.2) is 60.8 Å². The van der Waals surface area contributed by atoms with E-state index in [9.17, 15) is 18.0 Å². The van der Waals surface area contributed by atoms with Gasteiger partial charge >= 0.3 is 6.18 Å². The van der Waals surface area contributed by atoms with Crippen LogP contribution in [0.4, 0.5) is 18.9 Å². The highest BCUT2D eigenvalue weighted by Crippen LogP contribution is 2.32. The van der Waals surface area contributed by atoms with Crippen molar-refractivity contribution in [1.29, 1.82) is 0 Å². The molecule has 1 aliphatic heterocycles. The van der Waals surface area contributed by atoms with Gasteiger partial charge < -0.3 is 9.80 Å². The molecule has 0 N–H and O–H groups in total. The summed E-state index contributed by atoms with van der Waals surface area (Å²) < 4.78 is 38.8. The largest absolute Gasteiger partial charge is 0.416 e. The zero-order valence-corrected chi connectivity index (χ0v) is 15.0. The van der Waals surface area contributed by atoms with Crippen molar-refractivity contribution < 1.29 is 18.0 Å². The first kappa shape index (κ1) is 18.3. The molecule has 0 spiro atoms. The first-order chi connectivity index (χ1) is 13.4. The normalized spacial score (nSPS) is 15.1. The lowest BCUT2D eigenvalue weighted by atomic mass is 10.1. The molecule has 2 heterocycles. The number of pyridine rings is 1. The van der Waals surface area contributed by atoms with Gasteiger partial charge in [0.25, 0.3) is 5.91 Å². The highest BCUT2D eigenvalue weighted by atomic mass is 19.4. The predicted octanol–water partition coefficient (Wildman–Crippen LogP) is 4.22. The maximum atomic E-state index is 13.0. The maximum absolute atomic E-state index is 13.0. The molecule has 0 saturated carbocycles. The fourth-order valence-corrected chi connectivity index (χ4v) is 3.51. The summed E-state index contributed by atoms with van der Waals surface area (Å²) in [5.41, 5.74) is 1.22. The van der Waals surface area contributed by atoms with Gasteiger partial charge in [-0.3, -0.25) is 9.78 Å².